The van der Waals surface area contributed by atoms with Crippen LogP contribution in [0.2, 0.25) is 0 Å². The Morgan fingerprint density at radius 2 is 2.04 bits per heavy atom. The highest BCUT2D eigenvalue weighted by Crippen LogP contribution is 2.21. The van der Waals surface area contributed by atoms with Gasteiger partial charge in [-0.25, -0.2) is 0 Å². The Hall–Kier alpha value is -1.92. The van der Waals surface area contributed by atoms with Crippen molar-refractivity contribution >= 4 is 45.2 Å². The summed E-state index contributed by atoms with van der Waals surface area (Å²) in [5.74, 6) is -0.690. The molecule has 0 unspecified atom stereocenters. The molecule has 0 spiro atoms. The number of thiophene rings is 1. The Morgan fingerprint density at radius 3 is 2.70 bits per heavy atom. The van der Waals surface area contributed by atoms with Crippen LogP contribution in [0, 0.1) is 6.92 Å². The molecule has 2 amide bonds. The first-order valence-corrected chi connectivity index (χ1v) is 8.74. The van der Waals surface area contributed by atoms with Crippen LogP contribution in [0.15, 0.2) is 40.9 Å². The number of halogens is 1. The first kappa shape index (κ1) is 17.4. The predicted molar refractivity (Wildman–Crippen MR) is 97.2 cm³/mol. The van der Waals surface area contributed by atoms with Crippen LogP contribution >= 0.6 is 27.3 Å². The lowest BCUT2D eigenvalue weighted by atomic mass is 10.2. The van der Waals surface area contributed by atoms with Crippen LogP contribution in [-0.2, 0) is 11.2 Å². The van der Waals surface area contributed by atoms with E-state index in [1.165, 1.54) is 22.3 Å². The lowest BCUT2D eigenvalue weighted by Crippen LogP contribution is -2.40. The molecule has 0 aliphatic rings. The summed E-state index contributed by atoms with van der Waals surface area (Å²) in [7, 11) is 0. The number of hydrazine groups is 1. The number of aryl methyl sites for hydroxylation is 2. The van der Waals surface area contributed by atoms with Crippen molar-refractivity contribution in [3.05, 3.63) is 61.8 Å². The molecule has 0 radical (unpaired) electrons. The summed E-state index contributed by atoms with van der Waals surface area (Å²) in [5.41, 5.74) is 6.80. The fourth-order valence-corrected chi connectivity index (χ4v) is 3.41. The summed E-state index contributed by atoms with van der Waals surface area (Å²) >= 11 is 4.81. The molecule has 0 saturated carbocycles. The third-order valence-corrected chi connectivity index (χ3v) is 5.01. The smallest absolute Gasteiger partial charge is 0.268 e. The van der Waals surface area contributed by atoms with E-state index in [0.717, 1.165) is 22.0 Å². The van der Waals surface area contributed by atoms with Crippen LogP contribution in [0.3, 0.4) is 0 Å². The molecular formula is C17H17BrN2O2S. The average molecular weight is 393 g/mol. The molecular weight excluding hydrogens is 376 g/mol. The van der Waals surface area contributed by atoms with Crippen LogP contribution in [0.25, 0.3) is 6.08 Å². The summed E-state index contributed by atoms with van der Waals surface area (Å²) in [6.07, 6.45) is 3.95. The van der Waals surface area contributed by atoms with E-state index in [9.17, 15) is 9.59 Å². The lowest BCUT2D eigenvalue weighted by Gasteiger charge is -2.03. The van der Waals surface area contributed by atoms with E-state index in [-0.39, 0.29) is 11.8 Å². The lowest BCUT2D eigenvalue weighted by molar-refractivity contribution is -0.117. The highest BCUT2D eigenvalue weighted by atomic mass is 79.9. The predicted octanol–water partition coefficient (Wildman–Crippen LogP) is 3.86. The second kappa shape index (κ2) is 8.08. The van der Waals surface area contributed by atoms with Crippen LogP contribution in [0.1, 0.15) is 32.6 Å². The van der Waals surface area contributed by atoms with E-state index in [4.69, 9.17) is 0 Å². The topological polar surface area (TPSA) is 58.2 Å². The number of hydrogen-bond donors (Lipinski definition) is 2. The van der Waals surface area contributed by atoms with Gasteiger partial charge in [0.05, 0.1) is 4.88 Å². The van der Waals surface area contributed by atoms with Gasteiger partial charge in [0.15, 0.2) is 0 Å². The van der Waals surface area contributed by atoms with Crippen molar-refractivity contribution in [2.45, 2.75) is 20.3 Å². The first-order valence-electron chi connectivity index (χ1n) is 7.13. The number of nitrogens with one attached hydrogen (secondary N) is 2. The van der Waals surface area contributed by atoms with Gasteiger partial charge < -0.3 is 0 Å². The van der Waals surface area contributed by atoms with Gasteiger partial charge >= 0.3 is 0 Å². The monoisotopic (exact) mass is 392 g/mol. The maximum absolute atomic E-state index is 12.0. The maximum Gasteiger partial charge on any atom is 0.279 e. The minimum atomic E-state index is -0.387. The molecule has 6 heteroatoms. The molecule has 0 bridgehead atoms. The van der Waals surface area contributed by atoms with Gasteiger partial charge in [0.25, 0.3) is 11.8 Å². The van der Waals surface area contributed by atoms with Crippen molar-refractivity contribution in [3.63, 3.8) is 0 Å². The zero-order valence-corrected chi connectivity index (χ0v) is 15.3. The van der Waals surface area contributed by atoms with E-state index in [0.29, 0.717) is 4.88 Å². The molecule has 0 fully saturated rings. The minimum absolute atomic E-state index is 0.304. The Bertz CT molecular complexity index is 753. The number of amides is 2. The SMILES string of the molecule is CCc1sc(C(=O)NNC(=O)/C=C/c2cccc(Br)c2)cc1C. The third-order valence-electron chi connectivity index (χ3n) is 3.14. The fraction of sp³-hybridized carbons (Fsp3) is 0.176. The van der Waals surface area contributed by atoms with Crippen molar-refractivity contribution in [1.82, 2.24) is 10.9 Å². The van der Waals surface area contributed by atoms with Crippen molar-refractivity contribution in [1.29, 1.82) is 0 Å². The quantitative estimate of drug-likeness (QED) is 0.612. The Morgan fingerprint density at radius 1 is 1.26 bits per heavy atom. The number of carbonyl (C=O) groups excluding carboxylic acids is 2. The van der Waals surface area contributed by atoms with Gasteiger partial charge in [0.2, 0.25) is 0 Å². The Balaban J connectivity index is 1.89. The molecule has 1 aromatic heterocycles. The van der Waals surface area contributed by atoms with Gasteiger partial charge in [-0.3, -0.25) is 20.4 Å². The number of carbonyl (C=O) groups is 2. The van der Waals surface area contributed by atoms with Crippen LogP contribution in [0.4, 0.5) is 0 Å². The van der Waals surface area contributed by atoms with Crippen LogP contribution in [0.5, 0.6) is 0 Å². The fourth-order valence-electron chi connectivity index (χ4n) is 1.99. The normalized spacial score (nSPS) is 10.7. The highest BCUT2D eigenvalue weighted by molar-refractivity contribution is 9.10. The summed E-state index contributed by atoms with van der Waals surface area (Å²) in [5, 5.41) is 0. The molecule has 120 valence electrons. The zero-order valence-electron chi connectivity index (χ0n) is 12.9. The van der Waals surface area contributed by atoms with Gasteiger partial charge in [-0.15, -0.1) is 11.3 Å². The summed E-state index contributed by atoms with van der Waals surface area (Å²) < 4.78 is 0.938. The van der Waals surface area contributed by atoms with Gasteiger partial charge in [0, 0.05) is 15.4 Å². The summed E-state index contributed by atoms with van der Waals surface area (Å²) in [6, 6.07) is 9.40. The summed E-state index contributed by atoms with van der Waals surface area (Å²) in [6.45, 7) is 4.03. The molecule has 0 aliphatic heterocycles. The Labute approximate surface area is 147 Å². The number of hydrogen-bond acceptors (Lipinski definition) is 3. The van der Waals surface area contributed by atoms with E-state index in [2.05, 4.69) is 33.7 Å². The first-order chi connectivity index (χ1) is 11.0. The molecule has 4 nitrogen and oxygen atoms in total. The van der Waals surface area contributed by atoms with E-state index < -0.39 is 0 Å². The average Bonchev–Trinajstić information content (AvgIpc) is 2.91. The molecule has 1 aromatic carbocycles. The standard InChI is InChI=1S/C17H17BrN2O2S/c1-3-14-11(2)9-15(23-14)17(22)20-19-16(21)8-7-12-5-4-6-13(18)10-12/h4-10H,3H2,1-2H3,(H,19,21)(H,20,22)/b8-7+. The third kappa shape index (κ3) is 5.04. The molecule has 0 aliphatic carbocycles. The van der Waals surface area contributed by atoms with Crippen molar-refractivity contribution < 1.29 is 9.59 Å². The van der Waals surface area contributed by atoms with Gasteiger partial charge in [-0.1, -0.05) is 35.0 Å². The van der Waals surface area contributed by atoms with Crippen LogP contribution in [-0.4, -0.2) is 11.8 Å². The second-order valence-corrected chi connectivity index (χ2v) is 6.95. The molecule has 0 atom stereocenters. The second-order valence-electron chi connectivity index (χ2n) is 4.90. The zero-order chi connectivity index (χ0) is 16.8. The molecule has 2 aromatic rings. The largest absolute Gasteiger partial charge is 0.279 e. The molecule has 2 rings (SSSR count). The molecule has 23 heavy (non-hydrogen) atoms. The van der Waals surface area contributed by atoms with Crippen LogP contribution < -0.4 is 10.9 Å². The summed E-state index contributed by atoms with van der Waals surface area (Å²) in [4.78, 5) is 25.5. The highest BCUT2D eigenvalue weighted by Gasteiger charge is 2.11. The molecule has 0 saturated heterocycles. The van der Waals surface area contributed by atoms with Gasteiger partial charge in [-0.05, 0) is 48.7 Å². The maximum atomic E-state index is 12.0. The van der Waals surface area contributed by atoms with Crippen molar-refractivity contribution in [2.24, 2.45) is 0 Å². The van der Waals surface area contributed by atoms with Crippen molar-refractivity contribution in [3.8, 4) is 0 Å². The van der Waals surface area contributed by atoms with E-state index >= 15 is 0 Å². The molecule has 1 heterocycles. The van der Waals surface area contributed by atoms with E-state index in [1.807, 2.05) is 37.3 Å². The van der Waals surface area contributed by atoms with Crippen molar-refractivity contribution in [2.75, 3.05) is 0 Å². The number of benzene rings is 1. The van der Waals surface area contributed by atoms with Gasteiger partial charge in [-0.2, -0.15) is 0 Å². The number of rotatable bonds is 4. The van der Waals surface area contributed by atoms with Gasteiger partial charge in [0.1, 0.15) is 0 Å². The van der Waals surface area contributed by atoms with E-state index in [1.54, 1.807) is 6.08 Å². The minimum Gasteiger partial charge on any atom is -0.268 e. The Kier molecular flexibility index (Phi) is 6.12. The molecule has 2 N–H and O–H groups in total.